The largest absolute Gasteiger partial charge is 0.248 e. The molecule has 0 saturated heterocycles. The van der Waals surface area contributed by atoms with Gasteiger partial charge in [-0.1, -0.05) is 11.6 Å². The molecule has 13 heavy (non-hydrogen) atoms. The molecule has 66 valence electrons. The van der Waals surface area contributed by atoms with Crippen LogP contribution in [0.1, 0.15) is 5.69 Å². The highest BCUT2D eigenvalue weighted by molar-refractivity contribution is 6.30. The van der Waals surface area contributed by atoms with Crippen LogP contribution in [0.25, 0.3) is 11.0 Å². The molecule has 1 aromatic heterocycles. The van der Waals surface area contributed by atoms with Crippen LogP contribution in [-0.4, -0.2) is 9.97 Å². The molecule has 2 rings (SSSR count). The Bertz CT molecular complexity index is 470. The van der Waals surface area contributed by atoms with Gasteiger partial charge in [0.2, 0.25) is 0 Å². The quantitative estimate of drug-likeness (QED) is 0.648. The molecular weight excluding hydrogens is 191 g/mol. The van der Waals surface area contributed by atoms with Crippen molar-refractivity contribution in [1.82, 2.24) is 9.97 Å². The maximum atomic E-state index is 12.8. The molecule has 4 heteroatoms. The Hall–Kier alpha value is -1.22. The average molecular weight is 197 g/mol. The fourth-order valence-electron chi connectivity index (χ4n) is 1.09. The predicted octanol–water partition coefficient (Wildman–Crippen LogP) is 2.73. The van der Waals surface area contributed by atoms with Crippen molar-refractivity contribution in [3.05, 3.63) is 34.9 Å². The van der Waals surface area contributed by atoms with Crippen LogP contribution < -0.4 is 0 Å². The highest BCUT2D eigenvalue weighted by Crippen LogP contribution is 2.16. The van der Waals surface area contributed by atoms with Gasteiger partial charge in [-0.05, 0) is 19.1 Å². The van der Waals surface area contributed by atoms with Gasteiger partial charge < -0.3 is 0 Å². The van der Waals surface area contributed by atoms with Gasteiger partial charge in [-0.15, -0.1) is 0 Å². The van der Waals surface area contributed by atoms with Crippen LogP contribution >= 0.6 is 11.6 Å². The third-order valence-corrected chi connectivity index (χ3v) is 2.10. The van der Waals surface area contributed by atoms with Crippen molar-refractivity contribution in [2.75, 3.05) is 0 Å². The zero-order chi connectivity index (χ0) is 9.42. The van der Waals surface area contributed by atoms with Crippen molar-refractivity contribution >= 4 is 22.6 Å². The van der Waals surface area contributed by atoms with Crippen LogP contribution in [0, 0.1) is 12.7 Å². The van der Waals surface area contributed by atoms with Crippen molar-refractivity contribution < 1.29 is 4.39 Å². The summed E-state index contributed by atoms with van der Waals surface area (Å²) in [6.45, 7) is 1.74. The van der Waals surface area contributed by atoms with E-state index in [1.54, 1.807) is 13.0 Å². The van der Waals surface area contributed by atoms with Crippen molar-refractivity contribution in [3.8, 4) is 0 Å². The molecule has 0 saturated carbocycles. The molecule has 0 atom stereocenters. The van der Waals surface area contributed by atoms with E-state index in [1.807, 2.05) is 0 Å². The first kappa shape index (κ1) is 8.38. The van der Waals surface area contributed by atoms with Crippen LogP contribution in [0.15, 0.2) is 18.2 Å². The summed E-state index contributed by atoms with van der Waals surface area (Å²) in [6, 6.07) is 4.23. The number of hydrogen-bond acceptors (Lipinski definition) is 2. The van der Waals surface area contributed by atoms with E-state index in [4.69, 9.17) is 11.6 Å². The number of hydrogen-bond donors (Lipinski definition) is 0. The van der Waals surface area contributed by atoms with Gasteiger partial charge in [-0.3, -0.25) is 0 Å². The molecule has 2 nitrogen and oxygen atoms in total. The van der Waals surface area contributed by atoms with E-state index in [-0.39, 0.29) is 5.82 Å². The summed E-state index contributed by atoms with van der Waals surface area (Å²) in [5.41, 5.74) is 1.75. The summed E-state index contributed by atoms with van der Waals surface area (Å²) in [5.74, 6) is -0.316. The predicted molar refractivity (Wildman–Crippen MR) is 49.2 cm³/mol. The Labute approximate surface area is 79.4 Å². The van der Waals surface area contributed by atoms with E-state index < -0.39 is 0 Å². The molecule has 0 fully saturated rings. The van der Waals surface area contributed by atoms with E-state index in [2.05, 4.69) is 9.97 Å². The van der Waals surface area contributed by atoms with Gasteiger partial charge in [0.05, 0.1) is 16.7 Å². The van der Waals surface area contributed by atoms with Crippen molar-refractivity contribution in [2.45, 2.75) is 6.92 Å². The van der Waals surface area contributed by atoms with Gasteiger partial charge in [-0.25, -0.2) is 14.4 Å². The minimum atomic E-state index is -0.316. The topological polar surface area (TPSA) is 25.8 Å². The number of aromatic nitrogens is 2. The molecule has 0 aliphatic heterocycles. The average Bonchev–Trinajstić information content (AvgIpc) is 2.08. The first-order valence-electron chi connectivity index (χ1n) is 3.76. The van der Waals surface area contributed by atoms with Gasteiger partial charge in [0, 0.05) is 6.07 Å². The monoisotopic (exact) mass is 196 g/mol. The van der Waals surface area contributed by atoms with Crippen LogP contribution in [0.3, 0.4) is 0 Å². The second-order valence-corrected chi connectivity index (χ2v) is 3.09. The van der Waals surface area contributed by atoms with E-state index in [0.717, 1.165) is 0 Å². The molecule has 0 amide bonds. The van der Waals surface area contributed by atoms with Crippen LogP contribution in [0.4, 0.5) is 4.39 Å². The molecule has 2 aromatic rings. The molecule has 0 N–H and O–H groups in total. The normalized spacial score (nSPS) is 10.7. The van der Waals surface area contributed by atoms with E-state index in [9.17, 15) is 4.39 Å². The van der Waals surface area contributed by atoms with Crippen LogP contribution in [0.5, 0.6) is 0 Å². The lowest BCUT2D eigenvalue weighted by molar-refractivity contribution is 0.629. The minimum Gasteiger partial charge on any atom is -0.248 e. The zero-order valence-electron chi connectivity index (χ0n) is 6.88. The summed E-state index contributed by atoms with van der Waals surface area (Å²) in [7, 11) is 0. The Kier molecular flexibility index (Phi) is 1.88. The Morgan fingerprint density at radius 2 is 2.00 bits per heavy atom. The second-order valence-electron chi connectivity index (χ2n) is 2.73. The van der Waals surface area contributed by atoms with E-state index >= 15 is 0 Å². The number of fused-ring (bicyclic) bond motifs is 1. The highest BCUT2D eigenvalue weighted by atomic mass is 35.5. The maximum absolute atomic E-state index is 12.8. The fourth-order valence-corrected chi connectivity index (χ4v) is 1.23. The van der Waals surface area contributed by atoms with Crippen LogP contribution in [0.2, 0.25) is 5.15 Å². The third kappa shape index (κ3) is 1.47. The number of halogens is 2. The van der Waals surface area contributed by atoms with Gasteiger partial charge >= 0.3 is 0 Å². The van der Waals surface area contributed by atoms with E-state index in [0.29, 0.717) is 21.9 Å². The first-order chi connectivity index (χ1) is 6.16. The van der Waals surface area contributed by atoms with Gasteiger partial charge in [0.1, 0.15) is 5.82 Å². The van der Waals surface area contributed by atoms with Gasteiger partial charge in [0.15, 0.2) is 5.15 Å². The SMILES string of the molecule is Cc1nc2cc(F)ccc2nc1Cl. The summed E-state index contributed by atoms with van der Waals surface area (Å²) >= 11 is 5.76. The van der Waals surface area contributed by atoms with Gasteiger partial charge in [-0.2, -0.15) is 0 Å². The summed E-state index contributed by atoms with van der Waals surface area (Å²) in [4.78, 5) is 8.15. The first-order valence-corrected chi connectivity index (χ1v) is 4.14. The van der Waals surface area contributed by atoms with Crippen molar-refractivity contribution in [1.29, 1.82) is 0 Å². The van der Waals surface area contributed by atoms with Crippen molar-refractivity contribution in [3.63, 3.8) is 0 Å². The highest BCUT2D eigenvalue weighted by Gasteiger charge is 2.02. The third-order valence-electron chi connectivity index (χ3n) is 1.74. The lowest BCUT2D eigenvalue weighted by Gasteiger charge is -1.99. The Balaban J connectivity index is 2.81. The molecule has 0 spiro atoms. The maximum Gasteiger partial charge on any atom is 0.150 e. The molecule has 0 radical (unpaired) electrons. The second kappa shape index (κ2) is 2.92. The minimum absolute atomic E-state index is 0.316. The zero-order valence-corrected chi connectivity index (χ0v) is 7.64. The molecule has 0 unspecified atom stereocenters. The Morgan fingerprint density at radius 1 is 1.23 bits per heavy atom. The number of aryl methyl sites for hydroxylation is 1. The summed E-state index contributed by atoms with van der Waals surface area (Å²) in [5, 5.41) is 0.360. The number of benzene rings is 1. The van der Waals surface area contributed by atoms with Gasteiger partial charge in [0.25, 0.3) is 0 Å². The molecule has 1 heterocycles. The summed E-state index contributed by atoms with van der Waals surface area (Å²) < 4.78 is 12.8. The summed E-state index contributed by atoms with van der Waals surface area (Å²) in [6.07, 6.45) is 0. The molecule has 0 bridgehead atoms. The van der Waals surface area contributed by atoms with Crippen molar-refractivity contribution in [2.24, 2.45) is 0 Å². The molecule has 0 aliphatic carbocycles. The molecule has 0 aliphatic rings. The van der Waals surface area contributed by atoms with Crippen LogP contribution in [-0.2, 0) is 0 Å². The number of rotatable bonds is 0. The lowest BCUT2D eigenvalue weighted by atomic mass is 10.3. The van der Waals surface area contributed by atoms with E-state index in [1.165, 1.54) is 12.1 Å². The number of nitrogens with zero attached hydrogens (tertiary/aromatic N) is 2. The fraction of sp³-hybridized carbons (Fsp3) is 0.111. The molecule has 1 aromatic carbocycles. The standard InChI is InChI=1S/C9H6ClFN2/c1-5-9(10)13-7-3-2-6(11)4-8(7)12-5/h2-4H,1H3. The smallest absolute Gasteiger partial charge is 0.150 e. The Morgan fingerprint density at radius 3 is 2.77 bits per heavy atom. The lowest BCUT2D eigenvalue weighted by Crippen LogP contribution is -1.90. The molecular formula is C9H6ClFN2.